The molecule has 3 heterocycles. The predicted octanol–water partition coefficient (Wildman–Crippen LogP) is 8.12. The molecule has 1 aliphatic heterocycles. The molecule has 168 valence electrons. The minimum absolute atomic E-state index is 0.585. The minimum atomic E-state index is 0.585. The summed E-state index contributed by atoms with van der Waals surface area (Å²) in [4.78, 5) is 7.43. The third kappa shape index (κ3) is 3.23. The van der Waals surface area contributed by atoms with Crippen molar-refractivity contribution in [2.45, 2.75) is 75.0 Å². The average molecular weight is 454 g/mol. The summed E-state index contributed by atoms with van der Waals surface area (Å²) >= 11 is 1.95. The third-order valence-corrected chi connectivity index (χ3v) is 9.91. The van der Waals surface area contributed by atoms with Crippen molar-refractivity contribution in [2.24, 2.45) is 12.5 Å². The van der Waals surface area contributed by atoms with Crippen molar-refractivity contribution < 1.29 is 4.57 Å². The first kappa shape index (κ1) is 21.2. The van der Waals surface area contributed by atoms with Crippen LogP contribution in [0.4, 0.5) is 0 Å². The molecule has 0 amide bonds. The number of benzene rings is 2. The Balaban J connectivity index is 1.50. The Labute approximate surface area is 201 Å². The zero-order valence-corrected chi connectivity index (χ0v) is 21.1. The van der Waals surface area contributed by atoms with E-state index < -0.39 is 0 Å². The van der Waals surface area contributed by atoms with Gasteiger partial charge in [0.1, 0.15) is 7.05 Å². The number of hydrogen-bond donors (Lipinski definition) is 0. The third-order valence-electron chi connectivity index (χ3n) is 8.83. The molecule has 1 saturated carbocycles. The zero-order valence-electron chi connectivity index (χ0n) is 20.2. The number of nitrogens with zero attached hydrogens (tertiary/aromatic N) is 2. The summed E-state index contributed by atoms with van der Waals surface area (Å²) in [6, 6.07) is 13.9. The van der Waals surface area contributed by atoms with Crippen LogP contribution in [0.5, 0.6) is 0 Å². The topological polar surface area (TPSA) is 16.8 Å². The van der Waals surface area contributed by atoms with E-state index in [0.29, 0.717) is 11.3 Å². The molecule has 0 N–H and O–H groups in total. The van der Waals surface area contributed by atoms with Gasteiger partial charge >= 0.3 is 0 Å². The first-order chi connectivity index (χ1) is 16.0. The first-order valence-corrected chi connectivity index (χ1v) is 13.4. The summed E-state index contributed by atoms with van der Waals surface area (Å²) in [6.07, 6.45) is 12.2. The van der Waals surface area contributed by atoms with Gasteiger partial charge in [-0.2, -0.15) is 0 Å². The number of pyridine rings is 2. The lowest BCUT2D eigenvalue weighted by Gasteiger charge is -2.39. The van der Waals surface area contributed by atoms with Crippen LogP contribution in [0.1, 0.15) is 69.4 Å². The molecule has 1 aliphatic carbocycles. The Morgan fingerprint density at radius 1 is 1.06 bits per heavy atom. The standard InChI is InChI=1S/C30H33N2S/c1-5-30(6-2)12-9-20(10-13-30)22-16-21-11-15-32(4)29-27-19(3)23-8-7-14-31-24(23)18-26(27)33-25(17-22)28(21)29/h7-8,11,14-18,20H,5-6,9-10,12-13H2,1-4H3/q+1. The van der Waals surface area contributed by atoms with E-state index in [1.54, 1.807) is 5.56 Å². The summed E-state index contributed by atoms with van der Waals surface area (Å²) in [7, 11) is 2.19. The maximum Gasteiger partial charge on any atom is 0.222 e. The Morgan fingerprint density at radius 3 is 2.61 bits per heavy atom. The molecule has 4 aromatic rings. The largest absolute Gasteiger partial charge is 0.256 e. The molecule has 0 radical (unpaired) electrons. The lowest BCUT2D eigenvalue weighted by molar-refractivity contribution is -0.659. The van der Waals surface area contributed by atoms with Gasteiger partial charge in [-0.1, -0.05) is 50.6 Å². The Kier molecular flexibility index (Phi) is 5.03. The van der Waals surface area contributed by atoms with Gasteiger partial charge < -0.3 is 0 Å². The number of aryl methyl sites for hydroxylation is 2. The molecule has 2 aliphatic rings. The highest BCUT2D eigenvalue weighted by molar-refractivity contribution is 7.99. The maximum atomic E-state index is 4.68. The summed E-state index contributed by atoms with van der Waals surface area (Å²) in [5.74, 6) is 0.691. The zero-order chi connectivity index (χ0) is 22.7. The second-order valence-electron chi connectivity index (χ2n) is 10.3. The first-order valence-electron chi connectivity index (χ1n) is 12.6. The highest BCUT2D eigenvalue weighted by Crippen LogP contribution is 2.52. The smallest absolute Gasteiger partial charge is 0.222 e. The summed E-state index contributed by atoms with van der Waals surface area (Å²) in [6.45, 7) is 7.04. The van der Waals surface area contributed by atoms with E-state index in [4.69, 9.17) is 0 Å². The number of aromatic nitrogens is 2. The van der Waals surface area contributed by atoms with Gasteiger partial charge in [0.25, 0.3) is 0 Å². The fourth-order valence-electron chi connectivity index (χ4n) is 6.48. The highest BCUT2D eigenvalue weighted by atomic mass is 32.2. The molecule has 2 nitrogen and oxygen atoms in total. The van der Waals surface area contributed by atoms with Gasteiger partial charge in [-0.15, -0.1) is 0 Å². The van der Waals surface area contributed by atoms with E-state index in [9.17, 15) is 0 Å². The quantitative estimate of drug-likeness (QED) is 0.257. The molecule has 1 fully saturated rings. The van der Waals surface area contributed by atoms with Crippen LogP contribution in [0.15, 0.2) is 58.6 Å². The van der Waals surface area contributed by atoms with Crippen molar-refractivity contribution in [3.05, 3.63) is 59.9 Å². The van der Waals surface area contributed by atoms with Crippen molar-refractivity contribution >= 4 is 33.4 Å². The number of fused-ring (bicyclic) bond motifs is 3. The van der Waals surface area contributed by atoms with Crippen LogP contribution in [-0.4, -0.2) is 4.98 Å². The van der Waals surface area contributed by atoms with Crippen molar-refractivity contribution in [2.75, 3.05) is 0 Å². The van der Waals surface area contributed by atoms with E-state index in [1.807, 2.05) is 18.0 Å². The molecule has 2 aromatic heterocycles. The van der Waals surface area contributed by atoms with Crippen LogP contribution in [-0.2, 0) is 7.05 Å². The molecule has 33 heavy (non-hydrogen) atoms. The van der Waals surface area contributed by atoms with Crippen LogP contribution in [0.25, 0.3) is 32.9 Å². The summed E-state index contributed by atoms with van der Waals surface area (Å²) in [5, 5.41) is 4.06. The van der Waals surface area contributed by atoms with Gasteiger partial charge in [0, 0.05) is 27.4 Å². The van der Waals surface area contributed by atoms with Crippen LogP contribution in [0.3, 0.4) is 0 Å². The lowest BCUT2D eigenvalue weighted by atomic mass is 9.66. The van der Waals surface area contributed by atoms with Gasteiger partial charge in [-0.3, -0.25) is 4.98 Å². The van der Waals surface area contributed by atoms with E-state index in [-0.39, 0.29) is 0 Å². The second kappa shape index (κ2) is 7.84. The van der Waals surface area contributed by atoms with Crippen LogP contribution in [0, 0.1) is 12.3 Å². The summed E-state index contributed by atoms with van der Waals surface area (Å²) < 4.78 is 2.32. The molecule has 3 heteroatoms. The van der Waals surface area contributed by atoms with Crippen LogP contribution < -0.4 is 4.57 Å². The summed E-state index contributed by atoms with van der Waals surface area (Å²) in [5.41, 5.74) is 7.29. The van der Waals surface area contributed by atoms with Gasteiger partial charge in [-0.05, 0) is 78.7 Å². The molecule has 0 unspecified atom stereocenters. The molecular formula is C30H33N2S+. The SMILES string of the molecule is CCC1(CC)CCC(c2cc3c4c([n+](C)ccc4c2)-c2c(cc4ncccc4c2C)S3)CC1. The molecular weight excluding hydrogens is 420 g/mol. The Hall–Kier alpha value is -2.39. The van der Waals surface area contributed by atoms with E-state index in [1.165, 1.54) is 81.3 Å². The molecule has 0 bridgehead atoms. The van der Waals surface area contributed by atoms with Crippen LogP contribution in [0.2, 0.25) is 0 Å². The maximum absolute atomic E-state index is 4.68. The van der Waals surface area contributed by atoms with Crippen molar-refractivity contribution in [3.63, 3.8) is 0 Å². The van der Waals surface area contributed by atoms with Gasteiger partial charge in [0.05, 0.1) is 16.5 Å². The Morgan fingerprint density at radius 2 is 1.85 bits per heavy atom. The fraction of sp³-hybridized carbons (Fsp3) is 0.400. The highest BCUT2D eigenvalue weighted by Gasteiger charge is 2.34. The van der Waals surface area contributed by atoms with E-state index in [0.717, 1.165) is 5.52 Å². The predicted molar refractivity (Wildman–Crippen MR) is 139 cm³/mol. The van der Waals surface area contributed by atoms with E-state index in [2.05, 4.69) is 80.0 Å². The molecule has 6 rings (SSSR count). The minimum Gasteiger partial charge on any atom is -0.256 e. The average Bonchev–Trinajstić information content (AvgIpc) is 2.85. The second-order valence-corrected chi connectivity index (χ2v) is 11.4. The normalized spacial score (nSPS) is 17.5. The molecule has 2 aromatic carbocycles. The molecule has 0 spiro atoms. The van der Waals surface area contributed by atoms with E-state index >= 15 is 0 Å². The molecule has 0 saturated heterocycles. The van der Waals surface area contributed by atoms with Crippen molar-refractivity contribution in [1.82, 2.24) is 4.98 Å². The van der Waals surface area contributed by atoms with Gasteiger partial charge in [0.2, 0.25) is 5.69 Å². The fourth-order valence-corrected chi connectivity index (χ4v) is 7.75. The van der Waals surface area contributed by atoms with Gasteiger partial charge in [0.15, 0.2) is 6.20 Å². The Bertz CT molecular complexity index is 1390. The van der Waals surface area contributed by atoms with Gasteiger partial charge in [-0.25, -0.2) is 4.57 Å². The monoisotopic (exact) mass is 453 g/mol. The van der Waals surface area contributed by atoms with Crippen molar-refractivity contribution in [1.29, 1.82) is 0 Å². The number of rotatable bonds is 3. The lowest BCUT2D eigenvalue weighted by Crippen LogP contribution is -2.31. The van der Waals surface area contributed by atoms with Crippen molar-refractivity contribution in [3.8, 4) is 11.3 Å². The number of hydrogen-bond acceptors (Lipinski definition) is 2. The molecule has 0 atom stereocenters. The van der Waals surface area contributed by atoms with Crippen LogP contribution >= 0.6 is 11.8 Å².